The Bertz CT molecular complexity index is 1660. The third-order valence-corrected chi connectivity index (χ3v) is 8.82. The average Bonchev–Trinajstić information content (AvgIpc) is 2.95. The number of hydrogen-bond acceptors (Lipinski definition) is 4. The highest BCUT2D eigenvalue weighted by Crippen LogP contribution is 2.31. The summed E-state index contributed by atoms with van der Waals surface area (Å²) in [7, 11) is -4.03. The zero-order valence-corrected chi connectivity index (χ0v) is 24.1. The van der Waals surface area contributed by atoms with Crippen molar-refractivity contribution in [1.82, 2.24) is 5.32 Å². The Morgan fingerprint density at radius 3 is 2.35 bits per heavy atom. The van der Waals surface area contributed by atoms with Gasteiger partial charge in [0.15, 0.2) is 0 Å². The van der Waals surface area contributed by atoms with Gasteiger partial charge in [-0.2, -0.15) is 0 Å². The van der Waals surface area contributed by atoms with Crippen LogP contribution >= 0.6 is 23.2 Å². The normalized spacial score (nSPS) is 13.7. The fourth-order valence-corrected chi connectivity index (χ4v) is 6.14. The van der Waals surface area contributed by atoms with Gasteiger partial charge in [-0.05, 0) is 104 Å². The molecule has 4 aromatic carbocycles. The van der Waals surface area contributed by atoms with Gasteiger partial charge in [0.25, 0.3) is 15.9 Å². The number of halogens is 2. The molecule has 6 nitrogen and oxygen atoms in total. The van der Waals surface area contributed by atoms with Gasteiger partial charge in [-0.3, -0.25) is 9.52 Å². The maximum Gasteiger partial charge on any atom is 0.261 e. The molecule has 0 saturated carbocycles. The Morgan fingerprint density at radius 1 is 0.875 bits per heavy atom. The minimum absolute atomic E-state index is 0.00254. The molecule has 1 aliphatic carbocycles. The highest BCUT2D eigenvalue weighted by Gasteiger charge is 2.21. The summed E-state index contributed by atoms with van der Waals surface area (Å²) in [5.41, 5.74) is 3.93. The summed E-state index contributed by atoms with van der Waals surface area (Å²) in [5.74, 6) is 0.447. The van der Waals surface area contributed by atoms with Crippen molar-refractivity contribution < 1.29 is 17.9 Å². The molecule has 0 spiro atoms. The van der Waals surface area contributed by atoms with E-state index in [1.165, 1.54) is 66.4 Å². The maximum absolute atomic E-state index is 13.3. The molecule has 0 bridgehead atoms. The minimum atomic E-state index is -4.03. The average molecular weight is 596 g/mol. The molecule has 0 heterocycles. The Morgan fingerprint density at radius 2 is 1.60 bits per heavy atom. The Hall–Kier alpha value is -3.52. The van der Waals surface area contributed by atoms with Crippen LogP contribution in [-0.4, -0.2) is 14.3 Å². The van der Waals surface area contributed by atoms with Gasteiger partial charge in [-0.25, -0.2) is 8.42 Å². The van der Waals surface area contributed by atoms with E-state index in [4.69, 9.17) is 27.9 Å². The summed E-state index contributed by atoms with van der Waals surface area (Å²) >= 11 is 12.3. The van der Waals surface area contributed by atoms with E-state index in [1.807, 2.05) is 13.0 Å². The summed E-state index contributed by atoms with van der Waals surface area (Å²) in [4.78, 5) is 13.3. The van der Waals surface area contributed by atoms with Crippen LogP contribution in [0.25, 0.3) is 0 Å². The zero-order chi connectivity index (χ0) is 28.3. The molecule has 0 saturated heterocycles. The first-order chi connectivity index (χ1) is 19.2. The Labute approximate surface area is 244 Å². The van der Waals surface area contributed by atoms with Gasteiger partial charge in [-0.1, -0.05) is 53.5 Å². The minimum Gasteiger partial charge on any atom is -0.456 e. The van der Waals surface area contributed by atoms with E-state index < -0.39 is 15.9 Å². The van der Waals surface area contributed by atoms with Crippen LogP contribution in [0.1, 0.15) is 52.9 Å². The summed E-state index contributed by atoms with van der Waals surface area (Å²) in [6.07, 6.45) is 4.49. The number of para-hydroxylation sites is 1. The van der Waals surface area contributed by atoms with Gasteiger partial charge in [0.2, 0.25) is 0 Å². The van der Waals surface area contributed by atoms with Gasteiger partial charge >= 0.3 is 0 Å². The van der Waals surface area contributed by atoms with E-state index in [0.717, 1.165) is 18.4 Å². The van der Waals surface area contributed by atoms with Gasteiger partial charge in [0.1, 0.15) is 11.5 Å². The first-order valence-corrected chi connectivity index (χ1v) is 15.2. The van der Waals surface area contributed by atoms with E-state index in [9.17, 15) is 13.2 Å². The molecule has 0 unspecified atom stereocenters. The molecular weight excluding hydrogens is 567 g/mol. The predicted molar refractivity (Wildman–Crippen MR) is 159 cm³/mol. The molecule has 0 aromatic heterocycles. The number of ether oxygens (including phenoxy) is 1. The lowest BCUT2D eigenvalue weighted by atomic mass is 9.89. The van der Waals surface area contributed by atoms with E-state index in [1.54, 1.807) is 24.3 Å². The summed E-state index contributed by atoms with van der Waals surface area (Å²) in [6.45, 7) is 1.91. The SMILES string of the molecule is C[C@H](NC(=O)c1cc(Cl)ccc1NS(=O)(=O)c1ccc(Oc2ccccc2Cl)cc1)c1ccc2c(c1)CCCC2. The quantitative estimate of drug-likeness (QED) is 0.217. The topological polar surface area (TPSA) is 84.5 Å². The van der Waals surface area contributed by atoms with Crippen LogP contribution in [0, 0.1) is 0 Å². The van der Waals surface area contributed by atoms with Gasteiger partial charge in [0, 0.05) is 5.02 Å². The highest BCUT2D eigenvalue weighted by atomic mass is 35.5. The summed E-state index contributed by atoms with van der Waals surface area (Å²) in [5, 5.41) is 3.74. The second-order valence-corrected chi connectivity index (χ2v) is 12.3. The summed E-state index contributed by atoms with van der Waals surface area (Å²) in [6, 6.07) is 23.4. The molecule has 40 heavy (non-hydrogen) atoms. The molecule has 0 radical (unpaired) electrons. The number of amides is 1. The van der Waals surface area contributed by atoms with Gasteiger partial charge < -0.3 is 10.1 Å². The number of fused-ring (bicyclic) bond motifs is 1. The second-order valence-electron chi connectivity index (χ2n) is 9.73. The Balaban J connectivity index is 1.32. The van der Waals surface area contributed by atoms with Gasteiger partial charge in [-0.15, -0.1) is 0 Å². The number of sulfonamides is 1. The fourth-order valence-electron chi connectivity index (χ4n) is 4.72. The van der Waals surface area contributed by atoms with Crippen molar-refractivity contribution in [2.45, 2.75) is 43.5 Å². The van der Waals surface area contributed by atoms with Gasteiger partial charge in [0.05, 0.1) is 27.2 Å². The molecule has 1 aliphatic rings. The zero-order valence-electron chi connectivity index (χ0n) is 21.8. The molecule has 1 atom stereocenters. The van der Waals surface area contributed by atoms with Crippen LogP contribution in [0.3, 0.4) is 0 Å². The van der Waals surface area contributed by atoms with E-state index in [-0.39, 0.29) is 22.2 Å². The summed E-state index contributed by atoms with van der Waals surface area (Å²) < 4.78 is 34.7. The number of carbonyl (C=O) groups is 1. The standard InChI is InChI=1S/C31H28Cl2N2O4S/c1-20(22-11-10-21-6-2-3-7-23(21)18-22)34-31(36)27-19-24(32)12-17-29(27)35-40(37,38)26-15-13-25(14-16-26)39-30-9-5-4-8-28(30)33/h4-5,8-20,35H,2-3,6-7H2,1H3,(H,34,36)/t20-/m0/s1. The van der Waals surface area contributed by atoms with Crippen molar-refractivity contribution in [3.63, 3.8) is 0 Å². The first-order valence-electron chi connectivity index (χ1n) is 13.0. The van der Waals surface area contributed by atoms with Crippen molar-refractivity contribution >= 4 is 44.8 Å². The second kappa shape index (κ2) is 11.9. The third kappa shape index (κ3) is 6.44. The van der Waals surface area contributed by atoms with Crippen LogP contribution in [0.2, 0.25) is 10.0 Å². The molecule has 5 rings (SSSR count). The van der Waals surface area contributed by atoms with Crippen molar-refractivity contribution in [3.8, 4) is 11.5 Å². The number of rotatable bonds is 8. The van der Waals surface area contributed by atoms with Crippen LogP contribution in [0.15, 0.2) is 89.8 Å². The fraction of sp³-hybridized carbons (Fsp3) is 0.194. The van der Waals surface area contributed by atoms with Crippen LogP contribution < -0.4 is 14.8 Å². The van der Waals surface area contributed by atoms with Crippen molar-refractivity contribution in [1.29, 1.82) is 0 Å². The molecule has 4 aromatic rings. The molecule has 1 amide bonds. The molecule has 0 fully saturated rings. The third-order valence-electron chi connectivity index (χ3n) is 6.89. The van der Waals surface area contributed by atoms with E-state index in [0.29, 0.717) is 21.5 Å². The number of aryl methyl sites for hydroxylation is 2. The predicted octanol–water partition coefficient (Wildman–Crippen LogP) is 7.96. The lowest BCUT2D eigenvalue weighted by molar-refractivity contribution is 0.0940. The monoisotopic (exact) mass is 594 g/mol. The lowest BCUT2D eigenvalue weighted by Crippen LogP contribution is -2.28. The molecular formula is C31H28Cl2N2O4S. The van der Waals surface area contributed by atoms with Crippen LogP contribution in [0.4, 0.5) is 5.69 Å². The lowest BCUT2D eigenvalue weighted by Gasteiger charge is -2.21. The van der Waals surface area contributed by atoms with Crippen LogP contribution in [0.5, 0.6) is 11.5 Å². The first kappa shape index (κ1) is 28.0. The number of anilines is 1. The number of benzene rings is 4. The van der Waals surface area contributed by atoms with Crippen LogP contribution in [-0.2, 0) is 22.9 Å². The van der Waals surface area contributed by atoms with Crippen molar-refractivity contribution in [3.05, 3.63) is 117 Å². The molecule has 0 aliphatic heterocycles. The highest BCUT2D eigenvalue weighted by molar-refractivity contribution is 7.92. The van der Waals surface area contributed by atoms with Crippen molar-refractivity contribution in [2.75, 3.05) is 4.72 Å². The number of nitrogens with one attached hydrogen (secondary N) is 2. The number of carbonyl (C=O) groups excluding carboxylic acids is 1. The van der Waals surface area contributed by atoms with E-state index in [2.05, 4.69) is 22.2 Å². The Kier molecular flexibility index (Phi) is 8.35. The molecule has 9 heteroatoms. The maximum atomic E-state index is 13.3. The molecule has 2 N–H and O–H groups in total. The number of hydrogen-bond donors (Lipinski definition) is 2. The van der Waals surface area contributed by atoms with E-state index >= 15 is 0 Å². The largest absolute Gasteiger partial charge is 0.456 e. The van der Waals surface area contributed by atoms with Crippen molar-refractivity contribution in [2.24, 2.45) is 0 Å². The smallest absolute Gasteiger partial charge is 0.261 e. The molecule has 206 valence electrons.